The number of halogens is 3. The molecule has 1 amide bonds. The molecule has 40 heavy (non-hydrogen) atoms. The number of pyridine rings is 1. The Hall–Kier alpha value is -3.46. The topological polar surface area (TPSA) is 138 Å². The summed E-state index contributed by atoms with van der Waals surface area (Å²) in [6, 6.07) is 14.4. The van der Waals surface area contributed by atoms with E-state index in [0.29, 0.717) is 18.2 Å². The van der Waals surface area contributed by atoms with Gasteiger partial charge in [0.2, 0.25) is 21.8 Å². The van der Waals surface area contributed by atoms with Gasteiger partial charge in [-0.15, -0.1) is 0 Å². The first-order valence-electron chi connectivity index (χ1n) is 12.4. The number of benzene rings is 2. The molecular weight excluding hydrogens is 550 g/mol. The van der Waals surface area contributed by atoms with E-state index in [2.05, 4.69) is 15.0 Å². The summed E-state index contributed by atoms with van der Waals surface area (Å²) in [5, 5.41) is 22.0. The van der Waals surface area contributed by atoms with Gasteiger partial charge in [0.05, 0.1) is 16.4 Å². The molecule has 4 N–H and O–H groups in total. The van der Waals surface area contributed by atoms with Crippen molar-refractivity contribution in [3.63, 3.8) is 0 Å². The van der Waals surface area contributed by atoms with Crippen molar-refractivity contribution in [2.24, 2.45) is 5.92 Å². The molecule has 0 unspecified atom stereocenters. The molecule has 1 aromatic heterocycles. The lowest BCUT2D eigenvalue weighted by Gasteiger charge is -2.23. The molecule has 2 atom stereocenters. The van der Waals surface area contributed by atoms with Gasteiger partial charge < -0.3 is 20.1 Å². The summed E-state index contributed by atoms with van der Waals surface area (Å²) in [6.07, 6.45) is -1.70. The van der Waals surface area contributed by atoms with Gasteiger partial charge in [0.25, 0.3) is 0 Å². The van der Waals surface area contributed by atoms with Crippen molar-refractivity contribution >= 4 is 23.0 Å². The molecule has 9 nitrogen and oxygen atoms in total. The van der Waals surface area contributed by atoms with Gasteiger partial charge in [-0.3, -0.25) is 4.79 Å². The third-order valence-corrected chi connectivity index (χ3v) is 7.78. The first-order chi connectivity index (χ1) is 18.9. The monoisotopic (exact) mass is 577 g/mol. The smallest absolute Gasteiger partial charge is 0.439 e. The quantitative estimate of drug-likeness (QED) is 0.243. The average molecular weight is 577 g/mol. The number of nitrogens with one attached hydrogen (secondary N) is 2. The van der Waals surface area contributed by atoms with Gasteiger partial charge in [-0.25, -0.2) is 13.4 Å². The van der Waals surface area contributed by atoms with Gasteiger partial charge in [-0.1, -0.05) is 43.2 Å². The number of carbonyl (C=O) groups is 1. The van der Waals surface area contributed by atoms with E-state index >= 15 is 0 Å². The number of sulfonamides is 1. The fraction of sp³-hybridized carbons (Fsp3) is 0.308. The number of ether oxygens (including phenoxy) is 1. The molecule has 212 valence electrons. The van der Waals surface area contributed by atoms with Crippen LogP contribution < -0.4 is 14.8 Å². The molecule has 0 saturated heterocycles. The zero-order valence-electron chi connectivity index (χ0n) is 21.1. The van der Waals surface area contributed by atoms with E-state index in [4.69, 9.17) is 4.74 Å². The minimum atomic E-state index is -4.54. The van der Waals surface area contributed by atoms with Crippen LogP contribution in [0.2, 0.25) is 0 Å². The minimum absolute atomic E-state index is 0.00433. The number of hydrogen-bond donors (Lipinski definition) is 4. The van der Waals surface area contributed by atoms with Crippen molar-refractivity contribution in [1.82, 2.24) is 15.0 Å². The van der Waals surface area contributed by atoms with Crippen LogP contribution in [0.15, 0.2) is 77.8 Å². The molecule has 0 aliphatic heterocycles. The number of hydrogen-bond acceptors (Lipinski definition) is 7. The second kappa shape index (κ2) is 12.4. The first kappa shape index (κ1) is 29.5. The van der Waals surface area contributed by atoms with Crippen LogP contribution in [0.5, 0.6) is 11.6 Å². The Labute approximate surface area is 229 Å². The van der Waals surface area contributed by atoms with E-state index in [9.17, 15) is 36.4 Å². The Morgan fingerprint density at radius 3 is 2.27 bits per heavy atom. The highest BCUT2D eigenvalue weighted by Gasteiger charge is 2.35. The summed E-state index contributed by atoms with van der Waals surface area (Å²) >= 11 is 0. The molecular formula is C26H27BF3N3O6S. The number of aromatic nitrogens is 1. The Morgan fingerprint density at radius 1 is 1.05 bits per heavy atom. The van der Waals surface area contributed by atoms with Crippen molar-refractivity contribution < 1.29 is 41.2 Å². The molecule has 0 radical (unpaired) electrons. The van der Waals surface area contributed by atoms with E-state index in [0.717, 1.165) is 25.0 Å². The summed E-state index contributed by atoms with van der Waals surface area (Å²) in [6.45, 7) is 0. The summed E-state index contributed by atoms with van der Waals surface area (Å²) in [7, 11) is -6.04. The maximum absolute atomic E-state index is 13.2. The largest absolute Gasteiger partial charge is 0.475 e. The van der Waals surface area contributed by atoms with Gasteiger partial charge >= 0.3 is 13.3 Å². The summed E-state index contributed by atoms with van der Waals surface area (Å²) in [5.74, 6) is -1.37. The number of carbonyl (C=O) groups excluding carboxylic acids is 1. The highest BCUT2D eigenvalue weighted by Crippen LogP contribution is 2.34. The zero-order chi connectivity index (χ0) is 28.9. The summed E-state index contributed by atoms with van der Waals surface area (Å²) < 4.78 is 72.4. The molecule has 1 heterocycles. The van der Waals surface area contributed by atoms with E-state index in [1.807, 2.05) is 0 Å². The average Bonchev–Trinajstić information content (AvgIpc) is 3.73. The van der Waals surface area contributed by atoms with E-state index in [1.165, 1.54) is 24.3 Å². The van der Waals surface area contributed by atoms with Crippen LogP contribution in [0.4, 0.5) is 13.2 Å². The van der Waals surface area contributed by atoms with Crippen molar-refractivity contribution in [3.05, 3.63) is 84.1 Å². The third kappa shape index (κ3) is 8.27. The number of rotatable bonds is 12. The summed E-state index contributed by atoms with van der Waals surface area (Å²) in [4.78, 5) is 16.6. The Kier molecular flexibility index (Phi) is 9.14. The van der Waals surface area contributed by atoms with Gasteiger partial charge in [0.15, 0.2) is 0 Å². The van der Waals surface area contributed by atoms with Crippen LogP contribution in [0.25, 0.3) is 0 Å². The minimum Gasteiger partial charge on any atom is -0.439 e. The van der Waals surface area contributed by atoms with Crippen molar-refractivity contribution in [3.8, 4) is 11.6 Å². The number of amides is 1. The van der Waals surface area contributed by atoms with Crippen LogP contribution >= 0.6 is 0 Å². The van der Waals surface area contributed by atoms with Crippen molar-refractivity contribution in [2.45, 2.75) is 48.7 Å². The van der Waals surface area contributed by atoms with Crippen LogP contribution in [-0.2, 0) is 27.4 Å². The predicted octanol–water partition coefficient (Wildman–Crippen LogP) is 3.08. The molecule has 1 saturated carbocycles. The molecule has 4 rings (SSSR count). The van der Waals surface area contributed by atoms with Crippen molar-refractivity contribution in [2.75, 3.05) is 0 Å². The fourth-order valence-corrected chi connectivity index (χ4v) is 5.16. The van der Waals surface area contributed by atoms with Crippen molar-refractivity contribution in [1.29, 1.82) is 0 Å². The molecule has 1 aliphatic rings. The lowest BCUT2D eigenvalue weighted by molar-refractivity contribution is -0.137. The SMILES string of the molecule is O=C(N[C@@H](CC1CC1)B(O)O)[C@H](Cc1ccccc1)NS(=O)(=O)c1ccc(Oc2ccc(C(F)(F)F)cn2)cc1. The number of nitrogens with zero attached hydrogens (tertiary/aromatic N) is 1. The normalized spacial score (nSPS) is 15.2. The lowest BCUT2D eigenvalue weighted by atomic mass is 9.76. The molecule has 14 heteroatoms. The van der Waals surface area contributed by atoms with Gasteiger partial charge in [-0.2, -0.15) is 17.9 Å². The first-order valence-corrected chi connectivity index (χ1v) is 13.9. The molecule has 1 aliphatic carbocycles. The fourth-order valence-electron chi connectivity index (χ4n) is 3.96. The Balaban J connectivity index is 1.47. The standard InChI is InChI=1S/C26H27BF3N3O6S/c28-26(29,30)19-8-13-24(31-16-19)39-20-9-11-21(12-10-20)40(37,38)33-22(14-17-4-2-1-3-5-17)25(34)32-23(27(35)36)15-18-6-7-18/h1-5,8-13,16,18,22-23,33,35-36H,6-7,14-15H2,(H,32,34)/t22-,23-/m0/s1. The molecule has 1 fully saturated rings. The van der Waals surface area contributed by atoms with Crippen LogP contribution in [0, 0.1) is 5.92 Å². The highest BCUT2D eigenvalue weighted by molar-refractivity contribution is 7.89. The van der Waals surface area contributed by atoms with Crippen LogP contribution in [-0.4, -0.2) is 48.5 Å². The van der Waals surface area contributed by atoms with E-state index < -0.39 is 46.8 Å². The lowest BCUT2D eigenvalue weighted by Crippen LogP contribution is -2.54. The zero-order valence-corrected chi connectivity index (χ0v) is 21.9. The van der Waals surface area contributed by atoms with E-state index in [1.54, 1.807) is 30.3 Å². The Morgan fingerprint density at radius 2 is 1.73 bits per heavy atom. The second-order valence-corrected chi connectivity index (χ2v) is 11.2. The maximum Gasteiger partial charge on any atom is 0.475 e. The Bertz CT molecular complexity index is 1390. The number of alkyl halides is 3. The third-order valence-electron chi connectivity index (χ3n) is 6.29. The van der Waals surface area contributed by atoms with Gasteiger partial charge in [0, 0.05) is 12.3 Å². The van der Waals surface area contributed by atoms with Crippen LogP contribution in [0.1, 0.15) is 30.4 Å². The van der Waals surface area contributed by atoms with Gasteiger partial charge in [-0.05, 0) is 54.7 Å². The second-order valence-electron chi connectivity index (χ2n) is 9.53. The molecule has 0 spiro atoms. The maximum atomic E-state index is 13.2. The molecule has 3 aromatic rings. The molecule has 2 aromatic carbocycles. The van der Waals surface area contributed by atoms with Gasteiger partial charge in [0.1, 0.15) is 11.8 Å². The predicted molar refractivity (Wildman–Crippen MR) is 139 cm³/mol. The summed E-state index contributed by atoms with van der Waals surface area (Å²) in [5.41, 5.74) is -0.254. The van der Waals surface area contributed by atoms with E-state index in [-0.39, 0.29) is 28.9 Å². The molecule has 0 bridgehead atoms. The van der Waals surface area contributed by atoms with Crippen LogP contribution in [0.3, 0.4) is 0 Å². The highest BCUT2D eigenvalue weighted by atomic mass is 32.2.